The first-order valence-electron chi connectivity index (χ1n) is 7.13. The molecule has 0 atom stereocenters. The van der Waals surface area contributed by atoms with Crippen LogP contribution in [0.25, 0.3) is 11.3 Å². The second-order valence-corrected chi connectivity index (χ2v) is 4.91. The van der Waals surface area contributed by atoms with Gasteiger partial charge in [-0.3, -0.25) is 4.98 Å². The Kier molecular flexibility index (Phi) is 6.63. The van der Waals surface area contributed by atoms with E-state index in [1.165, 1.54) is 19.5 Å². The number of ketones is 1. The molecule has 3 rings (SSSR count). The molecule has 5 nitrogen and oxygen atoms in total. The van der Waals surface area contributed by atoms with Gasteiger partial charge in [-0.15, -0.1) is 29.8 Å². The maximum Gasteiger partial charge on any atom is 2.00 e. The summed E-state index contributed by atoms with van der Waals surface area (Å²) in [6.45, 7) is 0. The Hall–Kier alpha value is -2.29. The second kappa shape index (κ2) is 8.70. The third-order valence-electron chi connectivity index (χ3n) is 3.42. The van der Waals surface area contributed by atoms with Crippen LogP contribution in [0.5, 0.6) is 0 Å². The van der Waals surface area contributed by atoms with Gasteiger partial charge in [0.2, 0.25) is 0 Å². The number of carbonyl (C=O) groups excluding carboxylic acids is 2. The molecular formula is C19H12N2O3U. The topological polar surface area (TPSA) is 69.2 Å². The fourth-order valence-corrected chi connectivity index (χ4v) is 2.14. The summed E-state index contributed by atoms with van der Waals surface area (Å²) in [7, 11) is 1.34. The van der Waals surface area contributed by atoms with E-state index in [1.807, 2.05) is 0 Å². The fourth-order valence-electron chi connectivity index (χ4n) is 2.14. The number of esters is 1. The van der Waals surface area contributed by atoms with Crippen LogP contribution < -0.4 is 0 Å². The summed E-state index contributed by atoms with van der Waals surface area (Å²) < 4.78 is 4.66. The minimum Gasteiger partial charge on any atom is -0.465 e. The van der Waals surface area contributed by atoms with E-state index in [0.717, 1.165) is 5.56 Å². The number of hydrogen-bond acceptors (Lipinski definition) is 5. The van der Waals surface area contributed by atoms with E-state index in [1.54, 1.807) is 42.5 Å². The zero-order chi connectivity index (χ0) is 16.9. The molecule has 0 fully saturated rings. The number of pyridine rings is 2. The van der Waals surface area contributed by atoms with E-state index in [2.05, 4.69) is 27.0 Å². The summed E-state index contributed by atoms with van der Waals surface area (Å²) in [6.07, 6.45) is 5.73. The molecule has 3 aromatic rings. The van der Waals surface area contributed by atoms with Crippen LogP contribution in [0.15, 0.2) is 54.9 Å². The molecule has 120 valence electrons. The molecule has 2 aromatic heterocycles. The molecule has 6 heteroatoms. The van der Waals surface area contributed by atoms with Crippen LogP contribution in [0.1, 0.15) is 26.3 Å². The van der Waals surface area contributed by atoms with Crippen LogP contribution >= 0.6 is 0 Å². The Labute approximate surface area is 168 Å². The van der Waals surface area contributed by atoms with Crippen LogP contribution in [0.4, 0.5) is 0 Å². The molecule has 0 bridgehead atoms. The standard InChI is InChI=1S/C19H12N2O3.U/c1-24-19(23)15-4-2-13(3-5-15)17-7-6-16(12-21-17)18(22)14-8-10-20-11-9-14;/h2-8,10-11H,1H3;/q-2;+2. The van der Waals surface area contributed by atoms with Gasteiger partial charge in [0, 0.05) is 0 Å². The van der Waals surface area contributed by atoms with Gasteiger partial charge in [-0.2, -0.15) is 0 Å². The van der Waals surface area contributed by atoms with Crippen molar-refractivity contribution in [2.75, 3.05) is 7.11 Å². The Balaban J connectivity index is 0.00000225. The van der Waals surface area contributed by atoms with E-state index in [-0.39, 0.29) is 36.9 Å². The number of carbonyl (C=O) groups is 2. The van der Waals surface area contributed by atoms with Crippen LogP contribution in [0, 0.1) is 43.4 Å². The molecule has 0 saturated heterocycles. The molecule has 2 heterocycles. The Bertz CT molecular complexity index is 863. The van der Waals surface area contributed by atoms with Crippen molar-refractivity contribution in [1.29, 1.82) is 0 Å². The van der Waals surface area contributed by atoms with Crippen molar-refractivity contribution in [2.24, 2.45) is 0 Å². The van der Waals surface area contributed by atoms with Crippen molar-refractivity contribution in [2.45, 2.75) is 0 Å². The summed E-state index contributed by atoms with van der Waals surface area (Å²) in [6, 6.07) is 14.6. The Morgan fingerprint density at radius 2 is 1.76 bits per heavy atom. The number of nitrogens with zero attached hydrogens (tertiary/aromatic N) is 2. The Morgan fingerprint density at radius 3 is 2.32 bits per heavy atom. The number of benzene rings is 1. The Morgan fingerprint density at radius 1 is 1.00 bits per heavy atom. The number of ether oxygens (including phenoxy) is 1. The van der Waals surface area contributed by atoms with E-state index < -0.39 is 5.97 Å². The predicted molar refractivity (Wildman–Crippen MR) is 86.4 cm³/mol. The molecule has 0 aliphatic carbocycles. The van der Waals surface area contributed by atoms with Crippen molar-refractivity contribution >= 4 is 11.8 Å². The number of aromatic nitrogens is 2. The van der Waals surface area contributed by atoms with Gasteiger partial charge in [0.25, 0.3) is 0 Å². The smallest absolute Gasteiger partial charge is 0.465 e. The van der Waals surface area contributed by atoms with Gasteiger partial charge in [-0.25, -0.2) is 4.79 Å². The summed E-state index contributed by atoms with van der Waals surface area (Å²) >= 11 is 0. The maximum atomic E-state index is 12.3. The van der Waals surface area contributed by atoms with Crippen LogP contribution in [0.2, 0.25) is 0 Å². The maximum absolute atomic E-state index is 12.3. The largest absolute Gasteiger partial charge is 2.00 e. The molecule has 0 radical (unpaired) electrons. The predicted octanol–water partition coefficient (Wildman–Crippen LogP) is 2.76. The summed E-state index contributed by atoms with van der Waals surface area (Å²) in [5.74, 6) is -0.604. The number of hydrogen-bond donors (Lipinski definition) is 0. The minimum absolute atomic E-state index is 0. The van der Waals surface area contributed by atoms with E-state index in [9.17, 15) is 9.59 Å². The SMILES string of the molecule is COC(=O)c1ccc(-c2ccc(C(=O)c3[c-]cncc3)[c-]n2)cc1.[U+2]. The van der Waals surface area contributed by atoms with E-state index in [4.69, 9.17) is 0 Å². The average Bonchev–Trinajstić information content (AvgIpc) is 2.68. The summed E-state index contributed by atoms with van der Waals surface area (Å²) in [4.78, 5) is 31.7. The van der Waals surface area contributed by atoms with Crippen molar-refractivity contribution in [3.63, 3.8) is 0 Å². The molecule has 0 saturated carbocycles. The molecular weight excluding hydrogens is 542 g/mol. The monoisotopic (exact) mass is 554 g/mol. The van der Waals surface area contributed by atoms with Crippen molar-refractivity contribution in [3.8, 4) is 11.3 Å². The minimum atomic E-state index is -0.393. The second-order valence-electron chi connectivity index (χ2n) is 4.91. The van der Waals surface area contributed by atoms with E-state index in [0.29, 0.717) is 22.4 Å². The van der Waals surface area contributed by atoms with Gasteiger partial charge in [-0.1, -0.05) is 17.7 Å². The number of rotatable bonds is 4. The third kappa shape index (κ3) is 4.42. The quantitative estimate of drug-likeness (QED) is 0.282. The van der Waals surface area contributed by atoms with Gasteiger partial charge in [0.1, 0.15) is 0 Å². The van der Waals surface area contributed by atoms with Crippen LogP contribution in [0.3, 0.4) is 0 Å². The fraction of sp³-hybridized carbons (Fsp3) is 0.0526. The van der Waals surface area contributed by atoms with Gasteiger partial charge in [-0.05, 0) is 42.0 Å². The molecule has 0 aliphatic heterocycles. The van der Waals surface area contributed by atoms with Crippen molar-refractivity contribution in [1.82, 2.24) is 9.97 Å². The van der Waals surface area contributed by atoms with Gasteiger partial charge >= 0.3 is 37.1 Å². The van der Waals surface area contributed by atoms with Crippen molar-refractivity contribution in [3.05, 3.63) is 83.8 Å². The molecule has 0 amide bonds. The van der Waals surface area contributed by atoms with Gasteiger partial charge < -0.3 is 14.5 Å². The first-order chi connectivity index (χ1) is 11.7. The zero-order valence-electron chi connectivity index (χ0n) is 13.3. The molecule has 0 spiro atoms. The number of methoxy groups -OCH3 is 1. The third-order valence-corrected chi connectivity index (χ3v) is 3.42. The van der Waals surface area contributed by atoms with Gasteiger partial charge in [0.05, 0.1) is 18.5 Å². The first-order valence-corrected chi connectivity index (χ1v) is 7.13. The van der Waals surface area contributed by atoms with Crippen LogP contribution in [-0.2, 0) is 4.74 Å². The zero-order valence-corrected chi connectivity index (χ0v) is 17.5. The van der Waals surface area contributed by atoms with E-state index >= 15 is 0 Å². The molecule has 25 heavy (non-hydrogen) atoms. The molecule has 0 N–H and O–H groups in total. The summed E-state index contributed by atoms with van der Waals surface area (Å²) in [5, 5.41) is 0. The molecule has 1 aromatic carbocycles. The molecule has 0 unspecified atom stereocenters. The summed E-state index contributed by atoms with van der Waals surface area (Å²) in [5.41, 5.74) is 2.70. The van der Waals surface area contributed by atoms with Crippen molar-refractivity contribution < 1.29 is 45.4 Å². The first kappa shape index (κ1) is 19.0. The van der Waals surface area contributed by atoms with Gasteiger partial charge in [0.15, 0.2) is 0 Å². The normalized spacial score (nSPS) is 9.80. The molecule has 0 aliphatic rings. The van der Waals surface area contributed by atoms with Crippen LogP contribution in [-0.4, -0.2) is 28.8 Å². The average molecular weight is 554 g/mol.